The number of anilines is 1. The third kappa shape index (κ3) is 3.63. The lowest BCUT2D eigenvalue weighted by Gasteiger charge is -2.08. The van der Waals surface area contributed by atoms with Crippen molar-refractivity contribution in [2.75, 3.05) is 5.32 Å². The summed E-state index contributed by atoms with van der Waals surface area (Å²) in [6, 6.07) is 13.3. The molecule has 1 aliphatic rings. The Labute approximate surface area is 176 Å². The molecular weight excluding hydrogens is 399 g/mol. The molecule has 154 valence electrons. The molecule has 0 bridgehead atoms. The van der Waals surface area contributed by atoms with Gasteiger partial charge in [-0.1, -0.05) is 18.2 Å². The number of aromatic nitrogens is 3. The molecule has 0 spiro atoms. The van der Waals surface area contributed by atoms with Crippen molar-refractivity contribution in [3.05, 3.63) is 66.1 Å². The van der Waals surface area contributed by atoms with Gasteiger partial charge >= 0.3 is 5.97 Å². The molecule has 5 rings (SSSR count). The zero-order valence-electron chi connectivity index (χ0n) is 16.2. The molecule has 1 amide bonds. The molecule has 0 unspecified atom stereocenters. The van der Waals surface area contributed by atoms with Crippen molar-refractivity contribution < 1.29 is 19.1 Å². The fourth-order valence-corrected chi connectivity index (χ4v) is 3.44. The number of aromatic amines is 1. The molecule has 3 N–H and O–H groups in total. The van der Waals surface area contributed by atoms with E-state index in [0.717, 1.165) is 18.4 Å². The van der Waals surface area contributed by atoms with E-state index in [4.69, 9.17) is 0 Å². The first kappa shape index (κ1) is 18.9. The third-order valence-corrected chi connectivity index (χ3v) is 5.28. The van der Waals surface area contributed by atoms with E-state index in [-0.39, 0.29) is 39.9 Å². The molecule has 0 aliphatic heterocycles. The largest absolute Gasteiger partial charge is 0.478 e. The van der Waals surface area contributed by atoms with E-state index in [0.29, 0.717) is 11.3 Å². The topological polar surface area (TPSA) is 108 Å². The van der Waals surface area contributed by atoms with E-state index in [1.165, 1.54) is 18.3 Å². The lowest BCUT2D eigenvalue weighted by Crippen LogP contribution is -2.12. The molecule has 0 radical (unpaired) electrons. The molecule has 0 atom stereocenters. The monoisotopic (exact) mass is 416 g/mol. The van der Waals surface area contributed by atoms with Crippen LogP contribution < -0.4 is 5.32 Å². The number of amides is 1. The number of rotatable bonds is 5. The number of H-pyrrole nitrogens is 1. The summed E-state index contributed by atoms with van der Waals surface area (Å²) >= 11 is 0. The van der Waals surface area contributed by atoms with Crippen molar-refractivity contribution in [1.29, 1.82) is 0 Å². The van der Waals surface area contributed by atoms with Crippen LogP contribution in [0.4, 0.5) is 10.1 Å². The first-order valence-electron chi connectivity index (χ1n) is 9.79. The van der Waals surface area contributed by atoms with Gasteiger partial charge in [-0.25, -0.2) is 19.2 Å². The van der Waals surface area contributed by atoms with E-state index >= 15 is 0 Å². The number of imidazole rings is 1. The van der Waals surface area contributed by atoms with Crippen LogP contribution in [0, 0.1) is 11.7 Å². The quantitative estimate of drug-likeness (QED) is 0.445. The van der Waals surface area contributed by atoms with Gasteiger partial charge in [0, 0.05) is 17.8 Å². The minimum atomic E-state index is -1.12. The molecule has 0 saturated heterocycles. The summed E-state index contributed by atoms with van der Waals surface area (Å²) < 4.78 is 14.9. The fourth-order valence-electron chi connectivity index (χ4n) is 3.44. The first-order valence-corrected chi connectivity index (χ1v) is 9.79. The van der Waals surface area contributed by atoms with Crippen molar-refractivity contribution in [2.45, 2.75) is 12.8 Å². The highest BCUT2D eigenvalue weighted by Crippen LogP contribution is 2.31. The van der Waals surface area contributed by atoms with Crippen LogP contribution in [0.2, 0.25) is 0 Å². The molecule has 1 aliphatic carbocycles. The van der Waals surface area contributed by atoms with Gasteiger partial charge in [0.25, 0.3) is 0 Å². The van der Waals surface area contributed by atoms with Gasteiger partial charge in [-0.05, 0) is 54.3 Å². The van der Waals surface area contributed by atoms with Crippen LogP contribution in [0.3, 0.4) is 0 Å². The van der Waals surface area contributed by atoms with Crippen molar-refractivity contribution in [2.24, 2.45) is 5.92 Å². The average molecular weight is 416 g/mol. The predicted molar refractivity (Wildman–Crippen MR) is 113 cm³/mol. The molecule has 2 heterocycles. The zero-order valence-corrected chi connectivity index (χ0v) is 16.2. The van der Waals surface area contributed by atoms with Crippen LogP contribution in [0.5, 0.6) is 0 Å². The molecule has 1 fully saturated rings. The van der Waals surface area contributed by atoms with Crippen LogP contribution in [-0.4, -0.2) is 31.9 Å². The van der Waals surface area contributed by atoms with Crippen molar-refractivity contribution in [3.8, 4) is 22.5 Å². The molecule has 31 heavy (non-hydrogen) atoms. The second-order valence-corrected chi connectivity index (χ2v) is 7.48. The van der Waals surface area contributed by atoms with Crippen molar-refractivity contribution in [3.63, 3.8) is 0 Å². The molecule has 2 aromatic heterocycles. The number of pyridine rings is 1. The molecule has 2 aromatic carbocycles. The summed E-state index contributed by atoms with van der Waals surface area (Å²) in [5.41, 5.74) is 2.87. The van der Waals surface area contributed by atoms with E-state index in [1.54, 1.807) is 24.3 Å². The maximum Gasteiger partial charge on any atom is 0.338 e. The summed E-state index contributed by atoms with van der Waals surface area (Å²) in [7, 11) is 0. The van der Waals surface area contributed by atoms with Gasteiger partial charge in [0.05, 0.1) is 16.6 Å². The number of fused-ring (bicyclic) bond motifs is 1. The minimum absolute atomic E-state index is 0.0228. The third-order valence-electron chi connectivity index (χ3n) is 5.28. The zero-order chi connectivity index (χ0) is 21.5. The van der Waals surface area contributed by atoms with Crippen molar-refractivity contribution >= 4 is 28.7 Å². The number of halogens is 1. The van der Waals surface area contributed by atoms with Gasteiger partial charge in [-0.15, -0.1) is 0 Å². The molecule has 8 heteroatoms. The summed E-state index contributed by atoms with van der Waals surface area (Å²) in [5, 5.41) is 12.2. The van der Waals surface area contributed by atoms with Gasteiger partial charge < -0.3 is 15.4 Å². The molecular formula is C23H17FN4O3. The number of nitrogens with zero attached hydrogens (tertiary/aromatic N) is 2. The summed E-state index contributed by atoms with van der Waals surface area (Å²) in [6.45, 7) is 0. The molecule has 7 nitrogen and oxygen atoms in total. The summed E-state index contributed by atoms with van der Waals surface area (Å²) in [6.07, 6.45) is 3.23. The van der Waals surface area contributed by atoms with Gasteiger partial charge in [0.2, 0.25) is 5.91 Å². The van der Waals surface area contributed by atoms with Gasteiger partial charge in [-0.2, -0.15) is 0 Å². The van der Waals surface area contributed by atoms with Gasteiger partial charge in [-0.3, -0.25) is 4.79 Å². The average Bonchev–Trinajstić information content (AvgIpc) is 3.52. The van der Waals surface area contributed by atoms with E-state index < -0.39 is 11.8 Å². The number of carboxylic acids is 1. The first-order chi connectivity index (χ1) is 15.0. The lowest BCUT2D eigenvalue weighted by molar-refractivity contribution is -0.117. The number of hydrogen-bond donors (Lipinski definition) is 3. The van der Waals surface area contributed by atoms with Crippen molar-refractivity contribution in [1.82, 2.24) is 15.0 Å². The Balaban J connectivity index is 1.42. The number of aromatic carboxylic acids is 1. The highest BCUT2D eigenvalue weighted by Gasteiger charge is 2.29. The number of hydrogen-bond acceptors (Lipinski definition) is 4. The lowest BCUT2D eigenvalue weighted by atomic mass is 10.0. The highest BCUT2D eigenvalue weighted by atomic mass is 19.1. The number of benzene rings is 2. The Hall–Kier alpha value is -4.07. The fraction of sp³-hybridized carbons (Fsp3) is 0.130. The van der Waals surface area contributed by atoms with Crippen LogP contribution in [0.25, 0.3) is 33.7 Å². The van der Waals surface area contributed by atoms with E-state index in [1.807, 2.05) is 12.1 Å². The maximum absolute atomic E-state index is 14.9. The van der Waals surface area contributed by atoms with E-state index in [2.05, 4.69) is 20.3 Å². The number of carbonyl (C=O) groups excluding carboxylic acids is 1. The van der Waals surface area contributed by atoms with Crippen LogP contribution in [0.1, 0.15) is 23.2 Å². The Bertz CT molecular complexity index is 1330. The van der Waals surface area contributed by atoms with Crippen LogP contribution >= 0.6 is 0 Å². The maximum atomic E-state index is 14.9. The standard InChI is InChI=1S/C23H17FN4O3/c24-18-11-14(12-3-6-15(7-4-12)26-22(29)13-1-2-13)5-8-16(18)20-27-19-17(23(30)31)9-10-25-21(19)28-20/h3-11,13H,1-2H2,(H,26,29)(H,30,31)(H,25,27,28). The van der Waals surface area contributed by atoms with E-state index in [9.17, 15) is 19.1 Å². The Morgan fingerprint density at radius 3 is 2.48 bits per heavy atom. The predicted octanol–water partition coefficient (Wildman–Crippen LogP) is 4.48. The second-order valence-electron chi connectivity index (χ2n) is 7.48. The second kappa shape index (κ2) is 7.32. The highest BCUT2D eigenvalue weighted by molar-refractivity contribution is 6.00. The Morgan fingerprint density at radius 1 is 1.06 bits per heavy atom. The normalized spacial score (nSPS) is 13.3. The number of carbonyl (C=O) groups is 2. The number of nitrogens with one attached hydrogen (secondary N) is 2. The Kier molecular flexibility index (Phi) is 4.47. The van der Waals surface area contributed by atoms with Gasteiger partial charge in [0.15, 0.2) is 5.65 Å². The molecule has 4 aromatic rings. The van der Waals surface area contributed by atoms with Crippen LogP contribution in [-0.2, 0) is 4.79 Å². The molecule has 1 saturated carbocycles. The summed E-state index contributed by atoms with van der Waals surface area (Å²) in [4.78, 5) is 34.4. The Morgan fingerprint density at radius 2 is 1.81 bits per heavy atom. The SMILES string of the molecule is O=C(O)c1ccnc2nc(-c3ccc(-c4ccc(NC(=O)C5CC5)cc4)cc3F)[nH]c12. The van der Waals surface area contributed by atoms with Crippen LogP contribution in [0.15, 0.2) is 54.7 Å². The smallest absolute Gasteiger partial charge is 0.338 e. The summed E-state index contributed by atoms with van der Waals surface area (Å²) in [5.74, 6) is -1.25. The minimum Gasteiger partial charge on any atom is -0.478 e. The van der Waals surface area contributed by atoms with Gasteiger partial charge in [0.1, 0.15) is 11.6 Å². The number of carboxylic acid groups (broad SMARTS) is 1.